The number of cyclic esters (lactones) is 1. The molecule has 2 aliphatic heterocycles. The summed E-state index contributed by atoms with van der Waals surface area (Å²) >= 11 is 0. The van der Waals surface area contributed by atoms with Crippen LogP contribution >= 0.6 is 0 Å². The molecule has 0 unspecified atom stereocenters. The number of aromatic nitrogens is 4. The van der Waals surface area contributed by atoms with Gasteiger partial charge in [-0.05, 0) is 111 Å². The molecule has 3 aromatic rings. The van der Waals surface area contributed by atoms with Crippen LogP contribution in [0.2, 0.25) is 0 Å². The number of nitrogens with zero attached hydrogens (tertiary/aromatic N) is 7. The number of carbonyl (C=O) groups is 2. The summed E-state index contributed by atoms with van der Waals surface area (Å²) in [4.78, 5) is 38.8. The molecule has 15 nitrogen and oxygen atoms in total. The Morgan fingerprint density at radius 2 is 1.68 bits per heavy atom. The maximum atomic E-state index is 14.0. The number of aliphatic hydroxyl groups excluding tert-OH is 3. The predicted molar refractivity (Wildman–Crippen MR) is 252 cm³/mol. The van der Waals surface area contributed by atoms with Crippen LogP contribution in [-0.2, 0) is 30.3 Å². The number of pyridine rings is 1. The fourth-order valence-corrected chi connectivity index (χ4v) is 9.51. The van der Waals surface area contributed by atoms with Crippen molar-refractivity contribution in [2.75, 3.05) is 47.3 Å². The third-order valence-corrected chi connectivity index (χ3v) is 13.2. The minimum atomic E-state index is -1.24. The molecule has 5 rings (SSSR count). The van der Waals surface area contributed by atoms with Gasteiger partial charge in [0, 0.05) is 36.2 Å². The number of likely N-dealkylation sites (N-methyl/N-ethyl adjacent to an activating group) is 1. The van der Waals surface area contributed by atoms with E-state index >= 15 is 0 Å². The highest BCUT2D eigenvalue weighted by molar-refractivity contribution is 5.91. The van der Waals surface area contributed by atoms with Crippen LogP contribution in [0.1, 0.15) is 92.7 Å². The second-order valence-corrected chi connectivity index (χ2v) is 18.9. The van der Waals surface area contributed by atoms with Gasteiger partial charge in [0.15, 0.2) is 12.1 Å². The minimum absolute atomic E-state index is 0.0399. The van der Waals surface area contributed by atoms with E-state index in [4.69, 9.17) is 14.2 Å². The zero-order valence-corrected chi connectivity index (χ0v) is 40.5. The van der Waals surface area contributed by atoms with Crippen molar-refractivity contribution in [2.45, 2.75) is 142 Å². The lowest BCUT2D eigenvalue weighted by Gasteiger charge is -2.46. The third-order valence-electron chi connectivity index (χ3n) is 13.2. The first-order valence-electron chi connectivity index (χ1n) is 23.8. The largest absolute Gasteiger partial charge is 0.462 e. The summed E-state index contributed by atoms with van der Waals surface area (Å²) in [6.07, 6.45) is 5.99. The molecule has 65 heavy (non-hydrogen) atoms. The number of allylic oxidation sites excluding steroid dienone is 3. The number of fused-ring (bicyclic) bond motifs is 1. The molecule has 360 valence electrons. The highest BCUT2D eigenvalue weighted by Gasteiger charge is 2.47. The SMILES string of the molecule is CCCN(CCC)C[C@H]1/C=C(C)/C=C/C(=O)[C@H](C)C[C@H](CCN(C)Cc2cn(-c3cnc4ccccc4c3)nn2)[C@H](O[C@@H]2O[C@H](C)[C@@H](O)[C@H](N(C)C)[C@H]2O)[C@@H](C)[C@H](O)CC(=O)O[C@@H]1CC. The monoisotopic (exact) mass is 904 g/mol. The first-order valence-corrected chi connectivity index (χ1v) is 23.8. The van der Waals surface area contributed by atoms with Gasteiger partial charge in [0.2, 0.25) is 0 Å². The molecule has 0 bridgehead atoms. The molecule has 2 aliphatic rings. The topological polar surface area (TPSA) is 176 Å². The molecule has 12 atom stereocenters. The maximum Gasteiger partial charge on any atom is 0.308 e. The van der Waals surface area contributed by atoms with Crippen molar-refractivity contribution in [1.29, 1.82) is 0 Å². The summed E-state index contributed by atoms with van der Waals surface area (Å²) in [6, 6.07) is 9.23. The van der Waals surface area contributed by atoms with Crippen LogP contribution in [0, 0.1) is 23.7 Å². The van der Waals surface area contributed by atoms with Crippen molar-refractivity contribution in [1.82, 2.24) is 34.7 Å². The van der Waals surface area contributed by atoms with E-state index in [9.17, 15) is 24.9 Å². The summed E-state index contributed by atoms with van der Waals surface area (Å²) in [5.41, 5.74) is 3.35. The normalized spacial score (nSPS) is 31.4. The molecule has 1 aromatic carbocycles. The number of para-hydroxylation sites is 1. The van der Waals surface area contributed by atoms with Gasteiger partial charge in [-0.2, -0.15) is 0 Å². The summed E-state index contributed by atoms with van der Waals surface area (Å²) in [6.45, 7) is 17.3. The molecule has 0 spiro atoms. The van der Waals surface area contributed by atoms with E-state index in [1.807, 2.05) is 77.3 Å². The fraction of sp³-hybridized carbons (Fsp3) is 0.660. The number of rotatable bonds is 16. The molecule has 1 saturated heterocycles. The second-order valence-electron chi connectivity index (χ2n) is 18.9. The Balaban J connectivity index is 1.45. The summed E-state index contributed by atoms with van der Waals surface area (Å²) < 4.78 is 21.0. The number of ether oxygens (including phenoxy) is 3. The highest BCUT2D eigenvalue weighted by atomic mass is 16.7. The van der Waals surface area contributed by atoms with Crippen molar-refractivity contribution in [3.63, 3.8) is 0 Å². The molecular weight excluding hydrogens is 827 g/mol. The minimum Gasteiger partial charge on any atom is -0.462 e. The predicted octanol–water partition coefficient (Wildman–Crippen LogP) is 5.59. The average Bonchev–Trinajstić information content (AvgIpc) is 3.74. The molecule has 2 aromatic heterocycles. The van der Waals surface area contributed by atoms with E-state index in [0.29, 0.717) is 38.9 Å². The van der Waals surface area contributed by atoms with E-state index in [-0.39, 0.29) is 24.0 Å². The highest BCUT2D eigenvalue weighted by Crippen LogP contribution is 2.35. The van der Waals surface area contributed by atoms with Crippen LogP contribution < -0.4 is 0 Å². The van der Waals surface area contributed by atoms with Crippen molar-refractivity contribution < 1.29 is 39.1 Å². The van der Waals surface area contributed by atoms with Gasteiger partial charge in [0.25, 0.3) is 0 Å². The van der Waals surface area contributed by atoms with Gasteiger partial charge in [-0.1, -0.05) is 75.8 Å². The Labute approximate surface area is 386 Å². The van der Waals surface area contributed by atoms with Crippen molar-refractivity contribution >= 4 is 22.7 Å². The number of hydrogen-bond donors (Lipinski definition) is 3. The Morgan fingerprint density at radius 3 is 2.37 bits per heavy atom. The van der Waals surface area contributed by atoms with Crippen LogP contribution in [0.25, 0.3) is 16.6 Å². The van der Waals surface area contributed by atoms with Crippen LogP contribution in [0.5, 0.6) is 0 Å². The molecule has 3 N–H and O–H groups in total. The Morgan fingerprint density at radius 1 is 0.954 bits per heavy atom. The number of aliphatic hydroxyl groups is 3. The van der Waals surface area contributed by atoms with Crippen LogP contribution in [-0.4, -0.2) is 158 Å². The number of ketones is 1. The summed E-state index contributed by atoms with van der Waals surface area (Å²) in [5, 5.41) is 44.6. The Kier molecular flexibility index (Phi) is 19.8. The van der Waals surface area contributed by atoms with Gasteiger partial charge in [-0.25, -0.2) is 4.68 Å². The van der Waals surface area contributed by atoms with Gasteiger partial charge in [0.05, 0.1) is 66.2 Å². The molecule has 1 fully saturated rings. The second kappa shape index (κ2) is 24.7. The van der Waals surface area contributed by atoms with Crippen LogP contribution in [0.4, 0.5) is 0 Å². The standard InChI is InChI=1S/C50H77N7O8/c1-11-21-56(22-12-2)29-38-24-32(4)18-19-42(58)33(5)25-37(20-23-55(10)30-39-31-57(53-52-39)40-26-36-16-14-15-17-41(36)51-28-40)49(34(6)43(59)27-45(60)64-44(38)13-3)65-50-48(62)46(54(8)9)47(61)35(7)63-50/h14-19,24,26,28,31,33-35,37-38,43-44,46-50,59,61-62H,11-13,20-23,25,27,29-30H2,1-10H3/b19-18+,32-24+/t33-,34+,35-,37+,38-,43-,44-,46+,47-,48-,49-,50+/m1/s1. The summed E-state index contributed by atoms with van der Waals surface area (Å²) in [7, 11) is 5.55. The van der Waals surface area contributed by atoms with E-state index < -0.39 is 66.8 Å². The maximum absolute atomic E-state index is 14.0. The first-order chi connectivity index (χ1) is 31.0. The lowest BCUT2D eigenvalue weighted by Crippen LogP contribution is -2.63. The number of hydrogen-bond acceptors (Lipinski definition) is 14. The van der Waals surface area contributed by atoms with Crippen molar-refractivity contribution in [2.24, 2.45) is 23.7 Å². The van der Waals surface area contributed by atoms with Crippen LogP contribution in [0.3, 0.4) is 0 Å². The molecule has 0 saturated carbocycles. The molecule has 15 heteroatoms. The smallest absolute Gasteiger partial charge is 0.308 e. The average molecular weight is 904 g/mol. The Hall–Kier alpha value is -3.93. The van der Waals surface area contributed by atoms with Gasteiger partial charge in [-0.3, -0.25) is 14.6 Å². The zero-order valence-electron chi connectivity index (χ0n) is 40.5. The number of carbonyl (C=O) groups excluding carboxylic acids is 2. The van der Waals surface area contributed by atoms with Crippen molar-refractivity contribution in [3.05, 3.63) is 72.2 Å². The molecule has 0 radical (unpaired) electrons. The van der Waals surface area contributed by atoms with E-state index in [0.717, 1.165) is 53.8 Å². The van der Waals surface area contributed by atoms with Gasteiger partial charge in [-0.15, -0.1) is 5.10 Å². The third kappa shape index (κ3) is 14.3. The molecule has 0 amide bonds. The lowest BCUT2D eigenvalue weighted by atomic mass is 9.79. The van der Waals surface area contributed by atoms with Crippen LogP contribution in [0.15, 0.2) is 66.5 Å². The molecular formula is C50H77N7O8. The molecule has 0 aliphatic carbocycles. The van der Waals surface area contributed by atoms with E-state index in [1.54, 1.807) is 42.9 Å². The lowest BCUT2D eigenvalue weighted by molar-refractivity contribution is -0.304. The summed E-state index contributed by atoms with van der Waals surface area (Å²) in [5.74, 6) is -2.14. The Bertz CT molecular complexity index is 2020. The van der Waals surface area contributed by atoms with E-state index in [1.165, 1.54) is 0 Å². The quantitative estimate of drug-likeness (QED) is 0.152. The van der Waals surface area contributed by atoms with Gasteiger partial charge in [0.1, 0.15) is 12.2 Å². The van der Waals surface area contributed by atoms with E-state index in [2.05, 4.69) is 45.0 Å². The zero-order chi connectivity index (χ0) is 47.4. The van der Waals surface area contributed by atoms with Crippen molar-refractivity contribution in [3.8, 4) is 5.69 Å². The number of benzene rings is 1. The molecule has 4 heterocycles. The van der Waals surface area contributed by atoms with Gasteiger partial charge < -0.3 is 44.2 Å². The van der Waals surface area contributed by atoms with Gasteiger partial charge >= 0.3 is 5.97 Å². The fourth-order valence-electron chi connectivity index (χ4n) is 9.51. The number of esters is 1. The first kappa shape index (κ1) is 52.0.